The zero-order valence-electron chi connectivity index (χ0n) is 11.7. The fraction of sp³-hybridized carbons (Fsp3) is 0.312. The Labute approximate surface area is 114 Å². The molecule has 0 aliphatic carbocycles. The van der Waals surface area contributed by atoms with Crippen LogP contribution in [0.4, 0.5) is 5.82 Å². The van der Waals surface area contributed by atoms with E-state index in [1.165, 1.54) is 5.56 Å². The zero-order chi connectivity index (χ0) is 13.7. The molecule has 0 saturated carbocycles. The zero-order valence-corrected chi connectivity index (χ0v) is 11.7. The van der Waals surface area contributed by atoms with E-state index >= 15 is 0 Å². The third-order valence-electron chi connectivity index (χ3n) is 3.28. The van der Waals surface area contributed by atoms with Crippen LogP contribution in [0.3, 0.4) is 0 Å². The van der Waals surface area contributed by atoms with Gasteiger partial charge in [-0.15, -0.1) is 0 Å². The number of para-hydroxylation sites is 1. The maximum absolute atomic E-state index is 5.99. The molecule has 0 saturated heterocycles. The van der Waals surface area contributed by atoms with Crippen LogP contribution in [-0.2, 0) is 0 Å². The maximum Gasteiger partial charge on any atom is 0.132 e. The van der Waals surface area contributed by atoms with Crippen LogP contribution in [0.25, 0.3) is 0 Å². The molecule has 1 aromatic heterocycles. The van der Waals surface area contributed by atoms with Gasteiger partial charge in [-0.05, 0) is 30.0 Å². The number of hydrogen-bond acceptors (Lipinski definition) is 3. The van der Waals surface area contributed by atoms with Crippen molar-refractivity contribution >= 4 is 5.82 Å². The van der Waals surface area contributed by atoms with Crippen LogP contribution in [0.5, 0.6) is 11.5 Å². The number of aromatic nitrogens is 1. The minimum absolute atomic E-state index is 0.488. The number of ether oxygens (including phenoxy) is 1. The van der Waals surface area contributed by atoms with Crippen molar-refractivity contribution in [3.63, 3.8) is 0 Å². The maximum atomic E-state index is 5.99. The van der Waals surface area contributed by atoms with Gasteiger partial charge in [-0.3, -0.25) is 0 Å². The van der Waals surface area contributed by atoms with Gasteiger partial charge in [-0.1, -0.05) is 32.0 Å². The van der Waals surface area contributed by atoms with Crippen molar-refractivity contribution in [1.29, 1.82) is 0 Å². The van der Waals surface area contributed by atoms with Crippen LogP contribution in [0.1, 0.15) is 31.7 Å². The van der Waals surface area contributed by atoms with Crippen molar-refractivity contribution in [3.05, 3.63) is 48.2 Å². The summed E-state index contributed by atoms with van der Waals surface area (Å²) in [6.45, 7) is 4.40. The number of anilines is 1. The average Bonchev–Trinajstić information content (AvgIpc) is 2.47. The summed E-state index contributed by atoms with van der Waals surface area (Å²) in [5.74, 6) is 3.01. The van der Waals surface area contributed by atoms with Crippen LogP contribution >= 0.6 is 0 Å². The van der Waals surface area contributed by atoms with E-state index in [2.05, 4.69) is 36.3 Å². The molecule has 0 bridgehead atoms. The van der Waals surface area contributed by atoms with E-state index in [-0.39, 0.29) is 0 Å². The van der Waals surface area contributed by atoms with Crippen LogP contribution < -0.4 is 10.1 Å². The molecule has 1 heterocycles. The molecule has 0 spiro atoms. The lowest BCUT2D eigenvalue weighted by atomic mass is 9.98. The highest BCUT2D eigenvalue weighted by Crippen LogP contribution is 2.32. The molecule has 0 amide bonds. The minimum atomic E-state index is 0.488. The normalized spacial score (nSPS) is 11.9. The van der Waals surface area contributed by atoms with Gasteiger partial charge in [0.15, 0.2) is 0 Å². The van der Waals surface area contributed by atoms with E-state index < -0.39 is 0 Å². The molecule has 0 fully saturated rings. The SMILES string of the molecule is CCC(C)c1ccccc1Oc1ccnc(NC)c1. The van der Waals surface area contributed by atoms with Crippen LogP contribution in [0, 0.1) is 0 Å². The lowest BCUT2D eigenvalue weighted by Crippen LogP contribution is -1.97. The highest BCUT2D eigenvalue weighted by atomic mass is 16.5. The quantitative estimate of drug-likeness (QED) is 0.859. The second-order valence-corrected chi connectivity index (χ2v) is 4.58. The van der Waals surface area contributed by atoms with Gasteiger partial charge in [-0.2, -0.15) is 0 Å². The van der Waals surface area contributed by atoms with Crippen molar-refractivity contribution < 1.29 is 4.74 Å². The molecule has 2 aromatic rings. The molecule has 1 unspecified atom stereocenters. The predicted molar refractivity (Wildman–Crippen MR) is 79.0 cm³/mol. The lowest BCUT2D eigenvalue weighted by molar-refractivity contribution is 0.470. The first-order chi connectivity index (χ1) is 9.24. The number of rotatable bonds is 5. The van der Waals surface area contributed by atoms with Crippen LogP contribution in [0.2, 0.25) is 0 Å². The molecule has 100 valence electrons. The fourth-order valence-corrected chi connectivity index (χ4v) is 1.94. The second-order valence-electron chi connectivity index (χ2n) is 4.58. The summed E-state index contributed by atoms with van der Waals surface area (Å²) in [6.07, 6.45) is 2.84. The van der Waals surface area contributed by atoms with Gasteiger partial charge >= 0.3 is 0 Å². The molecular formula is C16H20N2O. The molecule has 1 atom stereocenters. The van der Waals surface area contributed by atoms with Crippen molar-refractivity contribution in [2.45, 2.75) is 26.2 Å². The summed E-state index contributed by atoms with van der Waals surface area (Å²) in [6, 6.07) is 12.0. The molecule has 0 aliphatic rings. The Hall–Kier alpha value is -2.03. The van der Waals surface area contributed by atoms with Crippen LogP contribution in [-0.4, -0.2) is 12.0 Å². The number of nitrogens with one attached hydrogen (secondary N) is 1. The van der Waals surface area contributed by atoms with E-state index in [0.717, 1.165) is 23.7 Å². The van der Waals surface area contributed by atoms with E-state index in [1.54, 1.807) is 6.20 Å². The summed E-state index contributed by atoms with van der Waals surface area (Å²) in [5.41, 5.74) is 1.24. The van der Waals surface area contributed by atoms with E-state index in [4.69, 9.17) is 4.74 Å². The molecule has 3 heteroatoms. The molecular weight excluding hydrogens is 236 g/mol. The highest BCUT2D eigenvalue weighted by molar-refractivity contribution is 5.44. The smallest absolute Gasteiger partial charge is 0.132 e. The molecule has 0 radical (unpaired) electrons. The van der Waals surface area contributed by atoms with E-state index in [1.807, 2.05) is 31.3 Å². The molecule has 3 nitrogen and oxygen atoms in total. The largest absolute Gasteiger partial charge is 0.457 e. The number of nitrogens with zero attached hydrogens (tertiary/aromatic N) is 1. The molecule has 2 rings (SSSR count). The Morgan fingerprint density at radius 3 is 2.79 bits per heavy atom. The lowest BCUT2D eigenvalue weighted by Gasteiger charge is -2.15. The van der Waals surface area contributed by atoms with Gasteiger partial charge in [0, 0.05) is 19.3 Å². The summed E-state index contributed by atoms with van der Waals surface area (Å²) in [4.78, 5) is 4.18. The van der Waals surface area contributed by atoms with Crippen molar-refractivity contribution in [1.82, 2.24) is 4.98 Å². The third kappa shape index (κ3) is 3.25. The first-order valence-electron chi connectivity index (χ1n) is 6.65. The Bertz CT molecular complexity index is 540. The topological polar surface area (TPSA) is 34.1 Å². The molecule has 0 aliphatic heterocycles. The van der Waals surface area contributed by atoms with E-state index in [9.17, 15) is 0 Å². The van der Waals surface area contributed by atoms with Gasteiger partial charge in [0.1, 0.15) is 17.3 Å². The second kappa shape index (κ2) is 6.23. The average molecular weight is 256 g/mol. The van der Waals surface area contributed by atoms with Gasteiger partial charge in [0.05, 0.1) is 0 Å². The summed E-state index contributed by atoms with van der Waals surface area (Å²) in [5, 5.41) is 3.01. The first-order valence-corrected chi connectivity index (χ1v) is 6.65. The van der Waals surface area contributed by atoms with Crippen molar-refractivity contribution in [2.75, 3.05) is 12.4 Å². The van der Waals surface area contributed by atoms with Gasteiger partial charge < -0.3 is 10.1 Å². The predicted octanol–water partition coefficient (Wildman–Crippen LogP) is 4.43. The Morgan fingerprint density at radius 1 is 1.26 bits per heavy atom. The number of pyridine rings is 1. The van der Waals surface area contributed by atoms with Gasteiger partial charge in [0.25, 0.3) is 0 Å². The van der Waals surface area contributed by atoms with Gasteiger partial charge in [-0.25, -0.2) is 4.98 Å². The standard InChI is InChI=1S/C16H20N2O/c1-4-12(2)14-7-5-6-8-15(14)19-13-9-10-18-16(11-13)17-3/h5-12H,4H2,1-3H3,(H,17,18). The molecule has 19 heavy (non-hydrogen) atoms. The van der Waals surface area contributed by atoms with Crippen molar-refractivity contribution in [2.24, 2.45) is 0 Å². The first kappa shape index (κ1) is 13.4. The van der Waals surface area contributed by atoms with Crippen molar-refractivity contribution in [3.8, 4) is 11.5 Å². The van der Waals surface area contributed by atoms with Crippen LogP contribution in [0.15, 0.2) is 42.6 Å². The fourth-order valence-electron chi connectivity index (χ4n) is 1.94. The molecule has 1 N–H and O–H groups in total. The van der Waals surface area contributed by atoms with E-state index in [0.29, 0.717) is 5.92 Å². The Morgan fingerprint density at radius 2 is 2.05 bits per heavy atom. The number of benzene rings is 1. The monoisotopic (exact) mass is 256 g/mol. The Kier molecular flexibility index (Phi) is 4.39. The minimum Gasteiger partial charge on any atom is -0.457 e. The molecule has 1 aromatic carbocycles. The third-order valence-corrected chi connectivity index (χ3v) is 3.28. The number of hydrogen-bond donors (Lipinski definition) is 1. The van der Waals surface area contributed by atoms with Gasteiger partial charge in [0.2, 0.25) is 0 Å². The Balaban J connectivity index is 2.27. The summed E-state index contributed by atoms with van der Waals surface area (Å²) >= 11 is 0. The summed E-state index contributed by atoms with van der Waals surface area (Å²) < 4.78 is 5.99. The highest BCUT2D eigenvalue weighted by Gasteiger charge is 2.10. The summed E-state index contributed by atoms with van der Waals surface area (Å²) in [7, 11) is 1.85.